The van der Waals surface area contributed by atoms with Gasteiger partial charge in [-0.25, -0.2) is 0 Å². The summed E-state index contributed by atoms with van der Waals surface area (Å²) in [5, 5.41) is 4.13. The monoisotopic (exact) mass is 285 g/mol. The summed E-state index contributed by atoms with van der Waals surface area (Å²) in [5.41, 5.74) is 0. The first kappa shape index (κ1) is 13.3. The molecule has 18 heavy (non-hydrogen) atoms. The van der Waals surface area contributed by atoms with Crippen LogP contribution < -0.4 is 10.1 Å². The highest BCUT2D eigenvalue weighted by molar-refractivity contribution is 6.34. The molecule has 0 fully saturated rings. The van der Waals surface area contributed by atoms with Gasteiger partial charge in [0.05, 0.1) is 11.6 Å². The highest BCUT2D eigenvalue weighted by Gasteiger charge is 2.05. The molecule has 3 nitrogen and oxygen atoms in total. The summed E-state index contributed by atoms with van der Waals surface area (Å²) >= 11 is 11.9. The third-order valence-electron chi connectivity index (χ3n) is 2.33. The van der Waals surface area contributed by atoms with Crippen molar-refractivity contribution >= 4 is 23.2 Å². The molecule has 0 saturated heterocycles. The molecule has 0 aliphatic heterocycles. The molecule has 0 radical (unpaired) electrons. The van der Waals surface area contributed by atoms with Crippen LogP contribution in [-0.2, 0) is 13.2 Å². The van der Waals surface area contributed by atoms with Crippen LogP contribution in [-0.4, -0.2) is 7.05 Å². The van der Waals surface area contributed by atoms with Gasteiger partial charge >= 0.3 is 0 Å². The molecule has 0 aliphatic carbocycles. The Morgan fingerprint density at radius 1 is 1.17 bits per heavy atom. The number of furan rings is 1. The van der Waals surface area contributed by atoms with E-state index < -0.39 is 0 Å². The Morgan fingerprint density at radius 3 is 2.72 bits per heavy atom. The predicted molar refractivity (Wildman–Crippen MR) is 72.3 cm³/mol. The first-order chi connectivity index (χ1) is 8.69. The fourth-order valence-corrected chi connectivity index (χ4v) is 1.84. The molecular formula is C13H13Cl2NO2. The van der Waals surface area contributed by atoms with Gasteiger partial charge in [0.15, 0.2) is 0 Å². The van der Waals surface area contributed by atoms with Crippen molar-refractivity contribution in [1.82, 2.24) is 5.32 Å². The van der Waals surface area contributed by atoms with Crippen LogP contribution in [0.5, 0.6) is 5.75 Å². The first-order valence-electron chi connectivity index (χ1n) is 5.49. The molecule has 2 aromatic rings. The normalized spacial score (nSPS) is 10.6. The average Bonchev–Trinajstić information content (AvgIpc) is 2.79. The average molecular weight is 286 g/mol. The fraction of sp³-hybridized carbons (Fsp3) is 0.231. The maximum absolute atomic E-state index is 5.99. The summed E-state index contributed by atoms with van der Waals surface area (Å²) in [7, 11) is 1.87. The lowest BCUT2D eigenvalue weighted by Gasteiger charge is -2.06. The molecule has 2 rings (SSSR count). The van der Waals surface area contributed by atoms with Gasteiger partial charge in [-0.05, 0) is 31.3 Å². The number of hydrogen-bond acceptors (Lipinski definition) is 3. The number of ether oxygens (including phenoxy) is 1. The number of halogens is 2. The highest BCUT2D eigenvalue weighted by atomic mass is 35.5. The highest BCUT2D eigenvalue weighted by Crippen LogP contribution is 2.28. The van der Waals surface area contributed by atoms with Gasteiger partial charge in [0.25, 0.3) is 0 Å². The van der Waals surface area contributed by atoms with E-state index >= 15 is 0 Å². The minimum atomic E-state index is 0.323. The van der Waals surface area contributed by atoms with Crippen LogP contribution in [0, 0.1) is 0 Å². The Hall–Kier alpha value is -1.16. The van der Waals surface area contributed by atoms with E-state index in [1.165, 1.54) is 0 Å². The van der Waals surface area contributed by atoms with Crippen LogP contribution in [0.2, 0.25) is 10.0 Å². The van der Waals surface area contributed by atoms with Gasteiger partial charge in [0, 0.05) is 11.1 Å². The third kappa shape index (κ3) is 3.42. The standard InChI is InChI=1S/C13H13Cl2NO2/c1-16-7-10-3-4-11(18-10)8-17-13-6-9(14)2-5-12(13)15/h2-6,16H,7-8H2,1H3. The zero-order valence-electron chi connectivity index (χ0n) is 9.87. The molecule has 1 heterocycles. The summed E-state index contributed by atoms with van der Waals surface area (Å²) in [6.45, 7) is 1.02. The van der Waals surface area contributed by atoms with E-state index in [4.69, 9.17) is 32.4 Å². The number of benzene rings is 1. The summed E-state index contributed by atoms with van der Waals surface area (Å²) in [6, 6.07) is 8.89. The summed E-state index contributed by atoms with van der Waals surface area (Å²) < 4.78 is 11.1. The van der Waals surface area contributed by atoms with Gasteiger partial charge in [0.2, 0.25) is 0 Å². The molecule has 1 N–H and O–H groups in total. The van der Waals surface area contributed by atoms with Crippen LogP contribution in [0.25, 0.3) is 0 Å². The van der Waals surface area contributed by atoms with Crippen LogP contribution in [0.3, 0.4) is 0 Å². The van der Waals surface area contributed by atoms with Crippen molar-refractivity contribution in [3.63, 3.8) is 0 Å². The van der Waals surface area contributed by atoms with Gasteiger partial charge in [-0.1, -0.05) is 23.2 Å². The minimum absolute atomic E-state index is 0.323. The maximum Gasteiger partial charge on any atom is 0.146 e. The van der Waals surface area contributed by atoms with Crippen molar-refractivity contribution < 1.29 is 9.15 Å². The van der Waals surface area contributed by atoms with E-state index in [1.807, 2.05) is 19.2 Å². The smallest absolute Gasteiger partial charge is 0.146 e. The van der Waals surface area contributed by atoms with E-state index in [9.17, 15) is 0 Å². The molecular weight excluding hydrogens is 273 g/mol. The number of rotatable bonds is 5. The third-order valence-corrected chi connectivity index (χ3v) is 2.88. The number of nitrogens with one attached hydrogen (secondary N) is 1. The first-order valence-corrected chi connectivity index (χ1v) is 6.24. The molecule has 1 aromatic heterocycles. The van der Waals surface area contributed by atoms with Gasteiger partial charge in [-0.2, -0.15) is 0 Å². The Balaban J connectivity index is 1.99. The van der Waals surface area contributed by atoms with Crippen molar-refractivity contribution in [2.24, 2.45) is 0 Å². The largest absolute Gasteiger partial charge is 0.484 e. The van der Waals surface area contributed by atoms with Crippen LogP contribution >= 0.6 is 23.2 Å². The number of hydrogen-bond donors (Lipinski definition) is 1. The second-order valence-corrected chi connectivity index (χ2v) is 4.61. The van der Waals surface area contributed by atoms with Gasteiger partial charge in [-0.3, -0.25) is 0 Å². The zero-order valence-corrected chi connectivity index (χ0v) is 11.4. The van der Waals surface area contributed by atoms with Crippen molar-refractivity contribution in [2.45, 2.75) is 13.2 Å². The van der Waals surface area contributed by atoms with E-state index in [2.05, 4.69) is 5.32 Å². The second-order valence-electron chi connectivity index (χ2n) is 3.76. The van der Waals surface area contributed by atoms with Crippen LogP contribution in [0.1, 0.15) is 11.5 Å². The maximum atomic E-state index is 5.99. The fourth-order valence-electron chi connectivity index (χ4n) is 1.51. The Labute approximate surface area is 116 Å². The topological polar surface area (TPSA) is 34.4 Å². The predicted octanol–water partition coefficient (Wildman–Crippen LogP) is 3.88. The van der Waals surface area contributed by atoms with Gasteiger partial charge in [0.1, 0.15) is 23.9 Å². The zero-order chi connectivity index (χ0) is 13.0. The van der Waals surface area contributed by atoms with Gasteiger partial charge < -0.3 is 14.5 Å². The molecule has 96 valence electrons. The van der Waals surface area contributed by atoms with E-state index in [-0.39, 0.29) is 0 Å². The quantitative estimate of drug-likeness (QED) is 0.905. The van der Waals surface area contributed by atoms with E-state index in [1.54, 1.807) is 18.2 Å². The summed E-state index contributed by atoms with van der Waals surface area (Å²) in [6.07, 6.45) is 0. The minimum Gasteiger partial charge on any atom is -0.484 e. The Bertz CT molecular complexity index is 525. The second kappa shape index (κ2) is 6.14. The molecule has 0 spiro atoms. The van der Waals surface area contributed by atoms with E-state index in [0.29, 0.717) is 28.9 Å². The lowest BCUT2D eigenvalue weighted by Crippen LogP contribution is -2.03. The molecule has 0 atom stereocenters. The Kier molecular flexibility index (Phi) is 4.53. The molecule has 0 bridgehead atoms. The van der Waals surface area contributed by atoms with Crippen LogP contribution in [0.4, 0.5) is 0 Å². The van der Waals surface area contributed by atoms with Crippen molar-refractivity contribution in [3.8, 4) is 5.75 Å². The lowest BCUT2D eigenvalue weighted by molar-refractivity contribution is 0.265. The summed E-state index contributed by atoms with van der Waals surface area (Å²) in [4.78, 5) is 0. The molecule has 0 saturated carbocycles. The van der Waals surface area contributed by atoms with E-state index in [0.717, 1.165) is 11.5 Å². The van der Waals surface area contributed by atoms with Crippen molar-refractivity contribution in [2.75, 3.05) is 7.05 Å². The molecule has 0 amide bonds. The SMILES string of the molecule is CNCc1ccc(COc2cc(Cl)ccc2Cl)o1. The van der Waals surface area contributed by atoms with Gasteiger partial charge in [-0.15, -0.1) is 0 Å². The Morgan fingerprint density at radius 2 is 1.94 bits per heavy atom. The lowest BCUT2D eigenvalue weighted by atomic mass is 10.3. The molecule has 1 aromatic carbocycles. The van der Waals surface area contributed by atoms with Crippen molar-refractivity contribution in [3.05, 3.63) is 51.9 Å². The van der Waals surface area contributed by atoms with Crippen molar-refractivity contribution in [1.29, 1.82) is 0 Å². The molecule has 0 unspecified atom stereocenters. The summed E-state index contributed by atoms with van der Waals surface area (Å²) in [5.74, 6) is 2.17. The van der Waals surface area contributed by atoms with Crippen LogP contribution in [0.15, 0.2) is 34.7 Å². The molecule has 5 heteroatoms. The molecule has 0 aliphatic rings.